The molecule has 16 heteroatoms. The van der Waals surface area contributed by atoms with Gasteiger partial charge in [-0.2, -0.15) is 0 Å². The maximum absolute atomic E-state index is 15.4. The van der Waals surface area contributed by atoms with Gasteiger partial charge in [-0.15, -0.1) is 22.7 Å². The number of rotatable bonds is 15. The van der Waals surface area contributed by atoms with Crippen LogP contribution in [0.4, 0.5) is 8.78 Å². The number of carboxylic acid groups (broad SMARTS) is 1. The van der Waals surface area contributed by atoms with Crippen molar-refractivity contribution in [3.05, 3.63) is 45.7 Å². The molecule has 0 fully saturated rings. The van der Waals surface area contributed by atoms with E-state index in [0.29, 0.717) is 9.40 Å². The first-order chi connectivity index (χ1) is 20.3. The lowest BCUT2D eigenvalue weighted by molar-refractivity contribution is -0.136. The SMILES string of the molecule is COc1cc2sc(C(=O)CCC(=O)O)cc2c(F)c1OCCCOc1c(OC)cc2sc(C(=O)CP(=O)(O)O)cc2c1F. The number of hydrogen-bond donors (Lipinski definition) is 3. The van der Waals surface area contributed by atoms with Crippen molar-refractivity contribution in [2.45, 2.75) is 19.3 Å². The second kappa shape index (κ2) is 13.3. The Morgan fingerprint density at radius 2 is 1.26 bits per heavy atom. The number of ketones is 2. The molecule has 0 spiro atoms. The van der Waals surface area contributed by atoms with Crippen molar-refractivity contribution in [1.29, 1.82) is 0 Å². The molecule has 0 saturated heterocycles. The summed E-state index contributed by atoms with van der Waals surface area (Å²) in [6.45, 7) is -0.154. The van der Waals surface area contributed by atoms with Gasteiger partial charge in [-0.1, -0.05) is 0 Å². The standard InChI is InChI=1S/C27H25F2O11PS2/c1-37-17-10-19-13(8-21(42-19)15(30)4-5-23(32)33)24(28)26(17)39-6-3-7-40-27-18(38-2)11-20-14(25(27)29)9-22(43-20)16(31)12-41(34,35)36/h8-11H,3-7,12H2,1-2H3,(H,32,33)(H2,34,35,36). The van der Waals surface area contributed by atoms with Crippen LogP contribution in [0.25, 0.3) is 20.2 Å². The quantitative estimate of drug-likeness (QED) is 0.0819. The maximum atomic E-state index is 15.4. The van der Waals surface area contributed by atoms with Gasteiger partial charge < -0.3 is 33.8 Å². The zero-order valence-electron chi connectivity index (χ0n) is 22.7. The Kier molecular flexibility index (Phi) is 10.0. The minimum absolute atomic E-state index is 0.0165. The zero-order chi connectivity index (χ0) is 31.5. The number of methoxy groups -OCH3 is 2. The van der Waals surface area contributed by atoms with Crippen LogP contribution < -0.4 is 18.9 Å². The molecule has 3 N–H and O–H groups in total. The van der Waals surface area contributed by atoms with Crippen LogP contribution in [0.5, 0.6) is 23.0 Å². The average Bonchev–Trinajstić information content (AvgIpc) is 3.57. The maximum Gasteiger partial charge on any atom is 0.333 e. The van der Waals surface area contributed by atoms with E-state index in [4.69, 9.17) is 33.8 Å². The summed E-state index contributed by atoms with van der Waals surface area (Å²) in [6.07, 6.45) is -1.39. The number of carboxylic acids is 1. The van der Waals surface area contributed by atoms with Crippen LogP contribution in [0, 0.1) is 11.6 Å². The van der Waals surface area contributed by atoms with Gasteiger partial charge in [0.05, 0.1) is 43.6 Å². The summed E-state index contributed by atoms with van der Waals surface area (Å²) < 4.78 is 64.3. The van der Waals surface area contributed by atoms with Crippen molar-refractivity contribution in [2.75, 3.05) is 33.6 Å². The van der Waals surface area contributed by atoms with Gasteiger partial charge in [0.15, 0.2) is 46.2 Å². The van der Waals surface area contributed by atoms with E-state index in [-0.39, 0.29) is 76.0 Å². The number of benzene rings is 2. The first kappa shape index (κ1) is 32.3. The highest BCUT2D eigenvalue weighted by molar-refractivity contribution is 7.53. The zero-order valence-corrected chi connectivity index (χ0v) is 25.2. The van der Waals surface area contributed by atoms with Gasteiger partial charge in [-0.25, -0.2) is 8.78 Å². The number of thiophene rings is 2. The lowest BCUT2D eigenvalue weighted by Crippen LogP contribution is -2.08. The number of ether oxygens (including phenoxy) is 4. The van der Waals surface area contributed by atoms with Crippen LogP contribution in [0.2, 0.25) is 0 Å². The van der Waals surface area contributed by atoms with E-state index >= 15 is 8.78 Å². The number of aliphatic carboxylic acids is 1. The van der Waals surface area contributed by atoms with Gasteiger partial charge in [-0.3, -0.25) is 18.9 Å². The predicted molar refractivity (Wildman–Crippen MR) is 155 cm³/mol. The van der Waals surface area contributed by atoms with Crippen molar-refractivity contribution < 1.29 is 61.6 Å². The number of carbonyl (C=O) groups excluding carboxylic acids is 2. The summed E-state index contributed by atoms with van der Waals surface area (Å²) in [7, 11) is -1.98. The summed E-state index contributed by atoms with van der Waals surface area (Å²) in [4.78, 5) is 53.6. The minimum Gasteiger partial charge on any atom is -0.493 e. The summed E-state index contributed by atoms with van der Waals surface area (Å²) in [5, 5.41) is 8.94. The van der Waals surface area contributed by atoms with Gasteiger partial charge in [-0.05, 0) is 12.1 Å². The topological polar surface area (TPSA) is 166 Å². The molecule has 11 nitrogen and oxygen atoms in total. The molecule has 4 aromatic rings. The van der Waals surface area contributed by atoms with Crippen molar-refractivity contribution in [3.63, 3.8) is 0 Å². The lowest BCUT2D eigenvalue weighted by atomic mass is 10.1. The predicted octanol–water partition coefficient (Wildman–Crippen LogP) is 5.67. The van der Waals surface area contributed by atoms with E-state index in [9.17, 15) is 18.9 Å². The molecule has 2 aromatic heterocycles. The number of fused-ring (bicyclic) bond motifs is 2. The molecule has 0 radical (unpaired) electrons. The highest BCUT2D eigenvalue weighted by Gasteiger charge is 2.25. The molecule has 43 heavy (non-hydrogen) atoms. The Morgan fingerprint density at radius 3 is 1.67 bits per heavy atom. The fourth-order valence-corrected chi connectivity index (χ4v) is 6.79. The molecule has 0 aliphatic carbocycles. The smallest absolute Gasteiger partial charge is 0.333 e. The summed E-state index contributed by atoms with van der Waals surface area (Å²) >= 11 is 1.87. The number of carbonyl (C=O) groups is 3. The normalized spacial score (nSPS) is 11.6. The van der Waals surface area contributed by atoms with E-state index in [1.165, 1.54) is 38.5 Å². The third-order valence-electron chi connectivity index (χ3n) is 6.05. The van der Waals surface area contributed by atoms with Crippen molar-refractivity contribution >= 4 is 68.0 Å². The third-order valence-corrected chi connectivity index (χ3v) is 9.00. The summed E-state index contributed by atoms with van der Waals surface area (Å²) in [5.74, 6) is -4.28. The molecular weight excluding hydrogens is 633 g/mol. The molecule has 230 valence electrons. The minimum atomic E-state index is -4.60. The van der Waals surface area contributed by atoms with Crippen molar-refractivity contribution in [3.8, 4) is 23.0 Å². The van der Waals surface area contributed by atoms with Gasteiger partial charge >= 0.3 is 13.6 Å². The third kappa shape index (κ3) is 7.48. The average molecular weight is 659 g/mol. The van der Waals surface area contributed by atoms with Crippen molar-refractivity contribution in [1.82, 2.24) is 0 Å². The van der Waals surface area contributed by atoms with E-state index in [1.54, 1.807) is 0 Å². The van der Waals surface area contributed by atoms with E-state index in [0.717, 1.165) is 22.7 Å². The Bertz CT molecular complexity index is 1760. The highest BCUT2D eigenvalue weighted by atomic mass is 32.1. The first-order valence-electron chi connectivity index (χ1n) is 12.5. The van der Waals surface area contributed by atoms with Crippen LogP contribution in [-0.4, -0.2) is 66.0 Å². The molecule has 0 amide bonds. The van der Waals surface area contributed by atoms with Crippen molar-refractivity contribution in [2.24, 2.45) is 0 Å². The second-order valence-electron chi connectivity index (χ2n) is 9.10. The lowest BCUT2D eigenvalue weighted by Gasteiger charge is -2.14. The molecule has 0 aliphatic heterocycles. The molecule has 4 rings (SSSR count). The number of hydrogen-bond acceptors (Lipinski definition) is 10. The largest absolute Gasteiger partial charge is 0.493 e. The highest BCUT2D eigenvalue weighted by Crippen LogP contribution is 2.43. The molecule has 0 saturated carbocycles. The first-order valence-corrected chi connectivity index (χ1v) is 15.9. The summed E-state index contributed by atoms with van der Waals surface area (Å²) in [5.41, 5.74) is 0. The molecule has 0 aliphatic rings. The van der Waals surface area contributed by atoms with Gasteiger partial charge in [0.1, 0.15) is 6.16 Å². The molecule has 0 bridgehead atoms. The molecule has 2 aromatic carbocycles. The van der Waals surface area contributed by atoms with E-state index in [2.05, 4.69) is 0 Å². The molecule has 2 heterocycles. The van der Waals surface area contributed by atoms with Gasteiger partial charge in [0.2, 0.25) is 0 Å². The van der Waals surface area contributed by atoms with Crippen LogP contribution in [-0.2, 0) is 9.36 Å². The van der Waals surface area contributed by atoms with Crippen LogP contribution in [0.15, 0.2) is 24.3 Å². The molecular formula is C27H25F2O11PS2. The Morgan fingerprint density at radius 1 is 0.791 bits per heavy atom. The number of halogens is 2. The van der Waals surface area contributed by atoms with E-state index in [1.807, 2.05) is 0 Å². The van der Waals surface area contributed by atoms with E-state index < -0.39 is 42.9 Å². The Balaban J connectivity index is 1.45. The Labute approximate surface area is 250 Å². The van der Waals surface area contributed by atoms with Crippen LogP contribution >= 0.6 is 30.3 Å². The Hall–Kier alpha value is -3.62. The molecule has 0 atom stereocenters. The fourth-order valence-electron chi connectivity index (χ4n) is 4.06. The monoisotopic (exact) mass is 658 g/mol. The van der Waals surface area contributed by atoms with Crippen LogP contribution in [0.1, 0.15) is 38.6 Å². The van der Waals surface area contributed by atoms with Crippen LogP contribution in [0.3, 0.4) is 0 Å². The van der Waals surface area contributed by atoms with Gasteiger partial charge in [0, 0.05) is 45.1 Å². The molecule has 0 unspecified atom stereocenters. The summed E-state index contributed by atoms with van der Waals surface area (Å²) in [6, 6.07) is 5.50. The second-order valence-corrected chi connectivity index (χ2v) is 12.9. The fraction of sp³-hybridized carbons (Fsp3) is 0.296. The van der Waals surface area contributed by atoms with Gasteiger partial charge in [0.25, 0.3) is 0 Å². The number of Topliss-reactive ketones (excluding diaryl/α,β-unsaturated/α-hetero) is 2.